The van der Waals surface area contributed by atoms with Crippen LogP contribution >= 0.6 is 0 Å². The van der Waals surface area contributed by atoms with Crippen molar-refractivity contribution in [3.8, 4) is 0 Å². The topological polar surface area (TPSA) is 27.7 Å². The molecule has 0 amide bonds. The van der Waals surface area contributed by atoms with Gasteiger partial charge in [0.25, 0.3) is 0 Å². The zero-order valence-corrected chi connectivity index (χ0v) is 15.8. The van der Waals surface area contributed by atoms with E-state index in [9.17, 15) is 0 Å². The monoisotopic (exact) mass is 344 g/mol. The standard InChI is InChI=1S/C22H32O3/c1-4-22(3)23-16-21(24-25-22)17(2)18-12-14-20(15-13-18)19-10-8-6-5-7-9-11-19/h12-15,19,21H,2,4-11,16H2,1,3H3. The smallest absolute Gasteiger partial charge is 0.198 e. The van der Waals surface area contributed by atoms with Gasteiger partial charge < -0.3 is 4.74 Å². The van der Waals surface area contributed by atoms with E-state index >= 15 is 0 Å². The van der Waals surface area contributed by atoms with Crippen LogP contribution in [0.1, 0.15) is 82.3 Å². The van der Waals surface area contributed by atoms with Gasteiger partial charge in [-0.2, -0.15) is 0 Å². The third-order valence-electron chi connectivity index (χ3n) is 5.77. The Labute approximate surface area is 152 Å². The van der Waals surface area contributed by atoms with Crippen LogP contribution in [-0.2, 0) is 14.5 Å². The molecule has 0 radical (unpaired) electrons. The van der Waals surface area contributed by atoms with E-state index in [1.807, 2.05) is 13.8 Å². The third-order valence-corrected chi connectivity index (χ3v) is 5.77. The molecule has 138 valence electrons. The summed E-state index contributed by atoms with van der Waals surface area (Å²) < 4.78 is 5.81. The Balaban J connectivity index is 1.61. The summed E-state index contributed by atoms with van der Waals surface area (Å²) in [5.41, 5.74) is 3.49. The van der Waals surface area contributed by atoms with Crippen LogP contribution in [-0.4, -0.2) is 18.5 Å². The Hall–Kier alpha value is -1.16. The predicted octanol–water partition coefficient (Wildman–Crippen LogP) is 6.00. The molecule has 1 aliphatic heterocycles. The van der Waals surface area contributed by atoms with Crippen molar-refractivity contribution in [1.82, 2.24) is 0 Å². The summed E-state index contributed by atoms with van der Waals surface area (Å²) in [5, 5.41) is 0. The summed E-state index contributed by atoms with van der Waals surface area (Å²) in [6, 6.07) is 8.89. The van der Waals surface area contributed by atoms with Gasteiger partial charge in [-0.1, -0.05) is 69.9 Å². The molecule has 2 atom stereocenters. The molecule has 0 N–H and O–H groups in total. The molecule has 1 saturated carbocycles. The van der Waals surface area contributed by atoms with Crippen molar-refractivity contribution >= 4 is 5.57 Å². The van der Waals surface area contributed by atoms with Crippen LogP contribution in [0.5, 0.6) is 0 Å². The van der Waals surface area contributed by atoms with Crippen molar-refractivity contribution in [3.63, 3.8) is 0 Å². The van der Waals surface area contributed by atoms with Gasteiger partial charge in [0.2, 0.25) is 0 Å². The van der Waals surface area contributed by atoms with E-state index in [0.717, 1.165) is 17.6 Å². The Kier molecular flexibility index (Phi) is 6.32. The van der Waals surface area contributed by atoms with Crippen molar-refractivity contribution < 1.29 is 14.5 Å². The van der Waals surface area contributed by atoms with E-state index in [-0.39, 0.29) is 6.10 Å². The number of benzene rings is 1. The summed E-state index contributed by atoms with van der Waals surface area (Å²) >= 11 is 0. The number of hydrogen-bond donors (Lipinski definition) is 0. The molecule has 3 heteroatoms. The van der Waals surface area contributed by atoms with Gasteiger partial charge in [-0.3, -0.25) is 0 Å². The molecule has 0 aromatic heterocycles. The lowest BCUT2D eigenvalue weighted by molar-refractivity contribution is -0.473. The van der Waals surface area contributed by atoms with Crippen LogP contribution in [0.4, 0.5) is 0 Å². The molecule has 2 unspecified atom stereocenters. The minimum absolute atomic E-state index is 0.244. The quantitative estimate of drug-likeness (QED) is 0.627. The Morgan fingerprint density at radius 2 is 1.72 bits per heavy atom. The van der Waals surface area contributed by atoms with Crippen LogP contribution in [0, 0.1) is 0 Å². The van der Waals surface area contributed by atoms with Gasteiger partial charge in [0, 0.05) is 6.42 Å². The van der Waals surface area contributed by atoms with Crippen molar-refractivity contribution in [2.75, 3.05) is 6.61 Å². The summed E-state index contributed by atoms with van der Waals surface area (Å²) in [6.07, 6.45) is 10.1. The fraction of sp³-hybridized carbons (Fsp3) is 0.636. The highest BCUT2D eigenvalue weighted by Crippen LogP contribution is 2.33. The Bertz CT molecular complexity index is 547. The second-order valence-electron chi connectivity index (χ2n) is 7.66. The van der Waals surface area contributed by atoms with E-state index in [0.29, 0.717) is 12.5 Å². The zero-order chi connectivity index (χ0) is 17.7. The molecule has 2 fully saturated rings. The summed E-state index contributed by atoms with van der Waals surface area (Å²) in [4.78, 5) is 11.0. The highest BCUT2D eigenvalue weighted by molar-refractivity contribution is 5.67. The van der Waals surface area contributed by atoms with E-state index in [1.165, 1.54) is 50.5 Å². The molecular formula is C22H32O3. The molecule has 25 heavy (non-hydrogen) atoms. The minimum atomic E-state index is -0.640. The average Bonchev–Trinajstić information content (AvgIpc) is 2.62. The van der Waals surface area contributed by atoms with Crippen molar-refractivity contribution in [2.24, 2.45) is 0 Å². The van der Waals surface area contributed by atoms with E-state index in [1.54, 1.807) is 0 Å². The molecule has 1 aromatic carbocycles. The van der Waals surface area contributed by atoms with Gasteiger partial charge in [-0.15, -0.1) is 0 Å². The fourth-order valence-electron chi connectivity index (χ4n) is 3.73. The van der Waals surface area contributed by atoms with Crippen LogP contribution in [0.25, 0.3) is 5.57 Å². The van der Waals surface area contributed by atoms with Gasteiger partial charge in [0.05, 0.1) is 6.61 Å². The largest absolute Gasteiger partial charge is 0.344 e. The maximum absolute atomic E-state index is 5.81. The first-order chi connectivity index (χ1) is 12.1. The zero-order valence-electron chi connectivity index (χ0n) is 15.8. The molecule has 0 spiro atoms. The molecule has 1 aromatic rings. The maximum Gasteiger partial charge on any atom is 0.198 e. The molecule has 3 rings (SSSR count). The van der Waals surface area contributed by atoms with Gasteiger partial charge in [0.1, 0.15) is 6.10 Å². The Morgan fingerprint density at radius 3 is 2.28 bits per heavy atom. The van der Waals surface area contributed by atoms with Crippen molar-refractivity contribution in [1.29, 1.82) is 0 Å². The lowest BCUT2D eigenvalue weighted by Gasteiger charge is -2.36. The van der Waals surface area contributed by atoms with Crippen molar-refractivity contribution in [3.05, 3.63) is 42.0 Å². The Morgan fingerprint density at radius 1 is 1.08 bits per heavy atom. The molecule has 3 nitrogen and oxygen atoms in total. The van der Waals surface area contributed by atoms with Gasteiger partial charge in [-0.05, 0) is 42.4 Å². The summed E-state index contributed by atoms with van der Waals surface area (Å²) in [7, 11) is 0. The van der Waals surface area contributed by atoms with Gasteiger partial charge in [-0.25, -0.2) is 9.78 Å². The molecule has 1 aliphatic carbocycles. The second kappa shape index (κ2) is 8.48. The number of ether oxygens (including phenoxy) is 1. The average molecular weight is 344 g/mol. The first kappa shape index (κ1) is 18.6. The minimum Gasteiger partial charge on any atom is -0.344 e. The highest BCUT2D eigenvalue weighted by Gasteiger charge is 2.34. The predicted molar refractivity (Wildman–Crippen MR) is 101 cm³/mol. The van der Waals surface area contributed by atoms with Crippen LogP contribution < -0.4 is 0 Å². The third kappa shape index (κ3) is 4.72. The first-order valence-electron chi connectivity index (χ1n) is 9.89. The normalized spacial score (nSPS) is 29.0. The van der Waals surface area contributed by atoms with Gasteiger partial charge >= 0.3 is 0 Å². The van der Waals surface area contributed by atoms with E-state index < -0.39 is 5.79 Å². The second-order valence-corrected chi connectivity index (χ2v) is 7.66. The lowest BCUT2D eigenvalue weighted by atomic mass is 9.85. The molecule has 1 saturated heterocycles. The first-order valence-corrected chi connectivity index (χ1v) is 9.89. The van der Waals surface area contributed by atoms with Crippen LogP contribution in [0.3, 0.4) is 0 Å². The number of rotatable bonds is 4. The summed E-state index contributed by atoms with van der Waals surface area (Å²) in [5.74, 6) is 0.0734. The lowest BCUT2D eigenvalue weighted by Crippen LogP contribution is -2.42. The molecular weight excluding hydrogens is 312 g/mol. The fourth-order valence-corrected chi connectivity index (χ4v) is 3.73. The maximum atomic E-state index is 5.81. The molecule has 2 aliphatic rings. The molecule has 1 heterocycles. The van der Waals surface area contributed by atoms with E-state index in [4.69, 9.17) is 14.5 Å². The van der Waals surface area contributed by atoms with Crippen molar-refractivity contribution in [2.45, 2.75) is 83.0 Å². The highest BCUT2D eigenvalue weighted by atomic mass is 17.2. The number of hydrogen-bond acceptors (Lipinski definition) is 3. The van der Waals surface area contributed by atoms with E-state index in [2.05, 4.69) is 30.8 Å². The molecule has 0 bridgehead atoms. The van der Waals surface area contributed by atoms with Crippen LogP contribution in [0.2, 0.25) is 0 Å². The summed E-state index contributed by atoms with van der Waals surface area (Å²) in [6.45, 7) is 8.61. The van der Waals surface area contributed by atoms with Gasteiger partial charge in [0.15, 0.2) is 5.79 Å². The van der Waals surface area contributed by atoms with Crippen LogP contribution in [0.15, 0.2) is 30.8 Å². The SMILES string of the molecule is C=C(c1ccc(C2CCCCCCC2)cc1)C1COC(C)(CC)OO1.